The molecule has 0 saturated heterocycles. The minimum absolute atomic E-state index is 0.315. The predicted molar refractivity (Wildman–Crippen MR) is 79.6 cm³/mol. The summed E-state index contributed by atoms with van der Waals surface area (Å²) in [6.45, 7) is 0.359. The first-order valence-electron chi connectivity index (χ1n) is 6.75. The fourth-order valence-corrected chi connectivity index (χ4v) is 2.51. The number of nitrogens with zero attached hydrogens (tertiary/aromatic N) is 3. The maximum Gasteiger partial charge on any atom is 0.142 e. The van der Waals surface area contributed by atoms with E-state index in [0.29, 0.717) is 34.7 Å². The smallest absolute Gasteiger partial charge is 0.142 e. The van der Waals surface area contributed by atoms with Crippen LogP contribution in [-0.4, -0.2) is 11.0 Å². The van der Waals surface area contributed by atoms with E-state index < -0.39 is 0 Å². The number of benzene rings is 1. The maximum atomic E-state index is 14.0. The summed E-state index contributed by atoms with van der Waals surface area (Å²) >= 11 is 6.11. The van der Waals surface area contributed by atoms with E-state index in [9.17, 15) is 4.39 Å². The number of nitriles is 1. The molecule has 1 saturated carbocycles. The number of halogens is 2. The first-order valence-corrected chi connectivity index (χ1v) is 7.13. The van der Waals surface area contributed by atoms with Crippen molar-refractivity contribution in [2.24, 2.45) is 0 Å². The molecular formula is C16H13ClFN3. The standard InChI is InChI=1S/C16H13ClFN3/c17-14-4-2-5-15(18)13(14)10-21(12-7-8-12)16-6-1-3-11(9-19)20-16/h1-6,12H,7-8,10H2. The number of pyridine rings is 1. The van der Waals surface area contributed by atoms with Crippen LogP contribution in [0.15, 0.2) is 36.4 Å². The van der Waals surface area contributed by atoms with Crippen molar-refractivity contribution >= 4 is 17.4 Å². The van der Waals surface area contributed by atoms with Crippen LogP contribution in [-0.2, 0) is 6.54 Å². The van der Waals surface area contributed by atoms with Gasteiger partial charge in [0, 0.05) is 23.2 Å². The van der Waals surface area contributed by atoms with Crippen molar-refractivity contribution in [1.82, 2.24) is 4.98 Å². The molecule has 0 atom stereocenters. The van der Waals surface area contributed by atoms with Gasteiger partial charge in [-0.15, -0.1) is 0 Å². The highest BCUT2D eigenvalue weighted by atomic mass is 35.5. The maximum absolute atomic E-state index is 14.0. The van der Waals surface area contributed by atoms with Gasteiger partial charge in [0.2, 0.25) is 0 Å². The monoisotopic (exact) mass is 301 g/mol. The van der Waals surface area contributed by atoms with Crippen molar-refractivity contribution < 1.29 is 4.39 Å². The van der Waals surface area contributed by atoms with E-state index in [1.165, 1.54) is 6.07 Å². The Balaban J connectivity index is 1.94. The molecule has 0 bridgehead atoms. The van der Waals surface area contributed by atoms with E-state index in [1.54, 1.807) is 24.3 Å². The molecule has 2 aromatic rings. The summed E-state index contributed by atoms with van der Waals surface area (Å²) in [6, 6.07) is 12.3. The minimum Gasteiger partial charge on any atom is -0.349 e. The van der Waals surface area contributed by atoms with Gasteiger partial charge in [-0.3, -0.25) is 0 Å². The van der Waals surface area contributed by atoms with Crippen LogP contribution in [0.2, 0.25) is 5.02 Å². The summed E-state index contributed by atoms with van der Waals surface area (Å²) in [4.78, 5) is 6.33. The Labute approximate surface area is 127 Å². The largest absolute Gasteiger partial charge is 0.349 e. The Morgan fingerprint density at radius 3 is 2.71 bits per heavy atom. The second-order valence-electron chi connectivity index (χ2n) is 5.05. The van der Waals surface area contributed by atoms with Crippen LogP contribution in [0, 0.1) is 17.1 Å². The molecule has 0 aliphatic heterocycles. The molecule has 3 nitrogen and oxygen atoms in total. The highest BCUT2D eigenvalue weighted by Gasteiger charge is 2.31. The van der Waals surface area contributed by atoms with Gasteiger partial charge in [-0.1, -0.05) is 23.7 Å². The summed E-state index contributed by atoms with van der Waals surface area (Å²) < 4.78 is 14.0. The molecule has 0 spiro atoms. The lowest BCUT2D eigenvalue weighted by Crippen LogP contribution is -2.26. The van der Waals surface area contributed by atoms with Crippen molar-refractivity contribution in [3.63, 3.8) is 0 Å². The minimum atomic E-state index is -0.315. The molecule has 1 fully saturated rings. The summed E-state index contributed by atoms with van der Waals surface area (Å²) in [5.74, 6) is 0.375. The number of aromatic nitrogens is 1. The number of rotatable bonds is 4. The fraction of sp³-hybridized carbons (Fsp3) is 0.250. The normalized spacial score (nSPS) is 13.8. The molecule has 106 valence electrons. The summed E-state index contributed by atoms with van der Waals surface area (Å²) in [5, 5.41) is 9.38. The quantitative estimate of drug-likeness (QED) is 0.859. The van der Waals surface area contributed by atoms with E-state index in [4.69, 9.17) is 16.9 Å². The van der Waals surface area contributed by atoms with Crippen molar-refractivity contribution in [3.05, 3.63) is 58.5 Å². The number of hydrogen-bond acceptors (Lipinski definition) is 3. The fourth-order valence-electron chi connectivity index (χ4n) is 2.28. The molecular weight excluding hydrogens is 289 g/mol. The van der Waals surface area contributed by atoms with Gasteiger partial charge in [0.25, 0.3) is 0 Å². The molecule has 21 heavy (non-hydrogen) atoms. The first-order chi connectivity index (χ1) is 10.2. The molecule has 1 aromatic heterocycles. The van der Waals surface area contributed by atoms with Gasteiger partial charge in [-0.25, -0.2) is 9.37 Å². The number of anilines is 1. The van der Waals surface area contributed by atoms with E-state index in [2.05, 4.69) is 4.98 Å². The average Bonchev–Trinajstić information content (AvgIpc) is 3.32. The summed E-state index contributed by atoms with van der Waals surface area (Å²) in [5.41, 5.74) is 0.827. The van der Waals surface area contributed by atoms with Crippen LogP contribution >= 0.6 is 11.6 Å². The molecule has 3 rings (SSSR count). The van der Waals surface area contributed by atoms with Crippen LogP contribution < -0.4 is 4.90 Å². The van der Waals surface area contributed by atoms with Crippen molar-refractivity contribution in [1.29, 1.82) is 5.26 Å². The molecule has 1 aliphatic carbocycles. The van der Waals surface area contributed by atoms with Gasteiger partial charge < -0.3 is 4.90 Å². The Bertz CT molecular complexity index is 687. The highest BCUT2D eigenvalue weighted by Crippen LogP contribution is 2.33. The molecule has 5 heteroatoms. The van der Waals surface area contributed by atoms with Crippen LogP contribution in [0.4, 0.5) is 10.2 Å². The third-order valence-electron chi connectivity index (χ3n) is 3.52. The Hall–Kier alpha value is -2.12. The molecule has 0 unspecified atom stereocenters. The summed E-state index contributed by atoms with van der Waals surface area (Å²) in [6.07, 6.45) is 2.09. The zero-order valence-electron chi connectivity index (χ0n) is 11.3. The molecule has 0 N–H and O–H groups in total. The number of hydrogen-bond donors (Lipinski definition) is 0. The van der Waals surface area contributed by atoms with Crippen molar-refractivity contribution in [2.45, 2.75) is 25.4 Å². The Kier molecular flexibility index (Phi) is 3.76. The van der Waals surface area contributed by atoms with E-state index in [1.807, 2.05) is 17.0 Å². The lowest BCUT2D eigenvalue weighted by atomic mass is 10.2. The van der Waals surface area contributed by atoms with Gasteiger partial charge >= 0.3 is 0 Å². The second kappa shape index (κ2) is 5.71. The zero-order valence-corrected chi connectivity index (χ0v) is 12.0. The summed E-state index contributed by atoms with van der Waals surface area (Å²) in [7, 11) is 0. The van der Waals surface area contributed by atoms with E-state index in [0.717, 1.165) is 12.8 Å². The molecule has 0 amide bonds. The lowest BCUT2D eigenvalue weighted by Gasteiger charge is -2.24. The topological polar surface area (TPSA) is 39.9 Å². The average molecular weight is 302 g/mol. The van der Waals surface area contributed by atoms with Gasteiger partial charge in [-0.2, -0.15) is 5.26 Å². The van der Waals surface area contributed by atoms with Gasteiger partial charge in [0.1, 0.15) is 23.4 Å². The SMILES string of the molecule is N#Cc1cccc(N(Cc2c(F)cccc2Cl)C2CC2)n1. The van der Waals surface area contributed by atoms with Gasteiger partial charge in [-0.05, 0) is 37.1 Å². The van der Waals surface area contributed by atoms with Gasteiger partial charge in [0.05, 0.1) is 0 Å². The second-order valence-corrected chi connectivity index (χ2v) is 5.46. The van der Waals surface area contributed by atoms with Crippen LogP contribution in [0.25, 0.3) is 0 Å². The Morgan fingerprint density at radius 1 is 1.29 bits per heavy atom. The first kappa shape index (κ1) is 13.8. The molecule has 0 radical (unpaired) electrons. The highest BCUT2D eigenvalue weighted by molar-refractivity contribution is 6.31. The third kappa shape index (κ3) is 2.98. The van der Waals surface area contributed by atoms with Crippen LogP contribution in [0.1, 0.15) is 24.1 Å². The Morgan fingerprint density at radius 2 is 2.05 bits per heavy atom. The van der Waals surface area contributed by atoms with E-state index >= 15 is 0 Å². The van der Waals surface area contributed by atoms with Crippen molar-refractivity contribution in [3.8, 4) is 6.07 Å². The zero-order chi connectivity index (χ0) is 14.8. The predicted octanol–water partition coefficient (Wildman–Crippen LogP) is 3.91. The van der Waals surface area contributed by atoms with E-state index in [-0.39, 0.29) is 5.82 Å². The van der Waals surface area contributed by atoms with Crippen LogP contribution in [0.3, 0.4) is 0 Å². The van der Waals surface area contributed by atoms with Crippen molar-refractivity contribution in [2.75, 3.05) is 4.90 Å². The van der Waals surface area contributed by atoms with Gasteiger partial charge in [0.15, 0.2) is 0 Å². The third-order valence-corrected chi connectivity index (χ3v) is 3.88. The molecule has 1 heterocycles. The molecule has 1 aliphatic rings. The van der Waals surface area contributed by atoms with Crippen LogP contribution in [0.5, 0.6) is 0 Å². The lowest BCUT2D eigenvalue weighted by molar-refractivity contribution is 0.602. The molecule has 1 aromatic carbocycles.